The van der Waals surface area contributed by atoms with E-state index in [9.17, 15) is 8.78 Å². The number of nitrogens with zero attached hydrogens (tertiary/aromatic N) is 4. The number of hydrogen-bond donors (Lipinski definition) is 2. The van der Waals surface area contributed by atoms with Crippen LogP contribution in [-0.4, -0.2) is 38.8 Å². The molecule has 0 bridgehead atoms. The third-order valence-corrected chi connectivity index (χ3v) is 6.66. The predicted molar refractivity (Wildman–Crippen MR) is 119 cm³/mol. The Labute approximate surface area is 185 Å². The van der Waals surface area contributed by atoms with Crippen molar-refractivity contribution in [2.75, 3.05) is 17.7 Å². The maximum Gasteiger partial charge on any atom is 0.224 e. The lowest BCUT2D eigenvalue weighted by molar-refractivity contribution is 0.0681. The lowest BCUT2D eigenvalue weighted by Gasteiger charge is -2.28. The number of anilines is 3. The van der Waals surface area contributed by atoms with E-state index in [1.807, 2.05) is 4.57 Å². The van der Waals surface area contributed by atoms with Gasteiger partial charge in [-0.3, -0.25) is 4.57 Å². The molecule has 2 aliphatic rings. The van der Waals surface area contributed by atoms with Gasteiger partial charge in [0.2, 0.25) is 11.9 Å². The quantitative estimate of drug-likeness (QED) is 0.537. The van der Waals surface area contributed by atoms with Crippen LogP contribution < -0.4 is 10.6 Å². The Bertz CT molecular complexity index is 1090. The normalized spacial score (nSPS) is 21.8. The van der Waals surface area contributed by atoms with Gasteiger partial charge < -0.3 is 15.4 Å². The molecule has 0 spiro atoms. The maximum atomic E-state index is 14.3. The van der Waals surface area contributed by atoms with Crippen LogP contribution in [0.5, 0.6) is 0 Å². The first-order valence-corrected chi connectivity index (χ1v) is 11.4. The molecule has 0 atom stereocenters. The molecule has 0 aliphatic heterocycles. The van der Waals surface area contributed by atoms with Gasteiger partial charge in [0, 0.05) is 19.2 Å². The molecule has 2 N–H and O–H groups in total. The Hall–Kier alpha value is -2.81. The molecule has 3 aromatic rings. The van der Waals surface area contributed by atoms with Gasteiger partial charge >= 0.3 is 0 Å². The minimum atomic E-state index is -0.919. The molecule has 9 heteroatoms. The second kappa shape index (κ2) is 8.97. The van der Waals surface area contributed by atoms with Gasteiger partial charge in [0.15, 0.2) is 17.3 Å². The number of benzene rings is 1. The molecule has 2 saturated carbocycles. The number of nitrogens with one attached hydrogen (secondary N) is 2. The zero-order valence-electron chi connectivity index (χ0n) is 18.2. The van der Waals surface area contributed by atoms with Crippen molar-refractivity contribution in [2.24, 2.45) is 0 Å². The number of halogens is 2. The van der Waals surface area contributed by atoms with Gasteiger partial charge in [-0.2, -0.15) is 4.98 Å². The molecule has 2 heterocycles. The van der Waals surface area contributed by atoms with Crippen LogP contribution >= 0.6 is 0 Å². The summed E-state index contributed by atoms with van der Waals surface area (Å²) in [4.78, 5) is 13.9. The first kappa shape index (κ1) is 21.1. The summed E-state index contributed by atoms with van der Waals surface area (Å²) in [5.74, 6) is -0.782. The number of ether oxygens (including phenoxy) is 1. The van der Waals surface area contributed by atoms with Crippen molar-refractivity contribution >= 4 is 28.7 Å². The Morgan fingerprint density at radius 1 is 1.03 bits per heavy atom. The summed E-state index contributed by atoms with van der Waals surface area (Å²) in [6.07, 6.45) is 10.3. The molecule has 0 unspecified atom stereocenters. The summed E-state index contributed by atoms with van der Waals surface area (Å²) in [6.45, 7) is 0. The van der Waals surface area contributed by atoms with Crippen LogP contribution in [0.1, 0.15) is 57.4 Å². The zero-order valence-corrected chi connectivity index (χ0v) is 18.2. The Morgan fingerprint density at radius 2 is 1.81 bits per heavy atom. The first-order valence-electron chi connectivity index (χ1n) is 11.4. The van der Waals surface area contributed by atoms with Crippen LogP contribution in [0.15, 0.2) is 24.4 Å². The number of imidazole rings is 1. The number of methoxy groups -OCH3 is 1. The first-order chi connectivity index (χ1) is 15.6. The van der Waals surface area contributed by atoms with Gasteiger partial charge in [-0.05, 0) is 50.7 Å². The second-order valence-electron chi connectivity index (χ2n) is 8.73. The average Bonchev–Trinajstić information content (AvgIpc) is 3.45. The Balaban J connectivity index is 1.46. The second-order valence-corrected chi connectivity index (χ2v) is 8.73. The fourth-order valence-corrected chi connectivity index (χ4v) is 4.90. The molecule has 170 valence electrons. The standard InChI is InChI=1S/C23H28F2N6O/c1-32-16-11-9-14(10-12-16)27-22-26-13-19-21(30-22)31(15-5-2-3-6-15)23(29-19)28-18-8-4-7-17(24)20(18)25/h4,7-8,13-16H,2-3,5-6,9-12H2,1H3,(H,28,29)(H,26,27,30). The van der Waals surface area contributed by atoms with Crippen molar-refractivity contribution in [3.05, 3.63) is 36.0 Å². The number of rotatable bonds is 6. The molecule has 2 fully saturated rings. The molecule has 7 nitrogen and oxygen atoms in total. The summed E-state index contributed by atoms with van der Waals surface area (Å²) < 4.78 is 35.5. The predicted octanol–water partition coefficient (Wildman–Crippen LogP) is 5.33. The van der Waals surface area contributed by atoms with Gasteiger partial charge in [0.05, 0.1) is 18.0 Å². The fraction of sp³-hybridized carbons (Fsp3) is 0.522. The molecule has 2 aliphatic carbocycles. The summed E-state index contributed by atoms with van der Waals surface area (Å²) in [5.41, 5.74) is 1.39. The van der Waals surface area contributed by atoms with E-state index in [2.05, 4.69) is 20.6 Å². The number of fused-ring (bicyclic) bond motifs is 1. The van der Waals surface area contributed by atoms with Gasteiger partial charge in [-0.15, -0.1) is 0 Å². The largest absolute Gasteiger partial charge is 0.381 e. The average molecular weight is 443 g/mol. The summed E-state index contributed by atoms with van der Waals surface area (Å²) in [5, 5.41) is 6.46. The Kier molecular flexibility index (Phi) is 5.91. The van der Waals surface area contributed by atoms with E-state index in [1.54, 1.807) is 13.3 Å². The zero-order chi connectivity index (χ0) is 22.1. The molecule has 32 heavy (non-hydrogen) atoms. The SMILES string of the molecule is COC1CCC(Nc2ncc3nc(Nc4cccc(F)c4F)n(C4CCCC4)c3n2)CC1. The Morgan fingerprint density at radius 3 is 2.56 bits per heavy atom. The van der Waals surface area contributed by atoms with Crippen molar-refractivity contribution in [1.29, 1.82) is 0 Å². The van der Waals surface area contributed by atoms with E-state index in [1.165, 1.54) is 12.1 Å². The van der Waals surface area contributed by atoms with Crippen LogP contribution in [0.3, 0.4) is 0 Å². The van der Waals surface area contributed by atoms with Crippen molar-refractivity contribution in [3.8, 4) is 0 Å². The monoisotopic (exact) mass is 442 g/mol. The van der Waals surface area contributed by atoms with Crippen molar-refractivity contribution in [1.82, 2.24) is 19.5 Å². The van der Waals surface area contributed by atoms with E-state index in [0.29, 0.717) is 35.2 Å². The van der Waals surface area contributed by atoms with Crippen LogP contribution in [-0.2, 0) is 4.74 Å². The lowest BCUT2D eigenvalue weighted by Crippen LogP contribution is -2.29. The van der Waals surface area contributed by atoms with Crippen LogP contribution in [0, 0.1) is 11.6 Å². The van der Waals surface area contributed by atoms with Crippen molar-refractivity contribution < 1.29 is 13.5 Å². The van der Waals surface area contributed by atoms with E-state index in [0.717, 1.165) is 57.4 Å². The van der Waals surface area contributed by atoms with Crippen molar-refractivity contribution in [2.45, 2.75) is 69.6 Å². The number of aromatic nitrogens is 4. The smallest absolute Gasteiger partial charge is 0.224 e. The lowest BCUT2D eigenvalue weighted by atomic mass is 9.93. The van der Waals surface area contributed by atoms with Crippen LogP contribution in [0.25, 0.3) is 11.2 Å². The molecule has 2 aromatic heterocycles. The van der Waals surface area contributed by atoms with Gasteiger partial charge in [-0.1, -0.05) is 18.9 Å². The third kappa shape index (κ3) is 4.13. The maximum absolute atomic E-state index is 14.3. The summed E-state index contributed by atoms with van der Waals surface area (Å²) in [7, 11) is 1.76. The summed E-state index contributed by atoms with van der Waals surface area (Å²) in [6, 6.07) is 4.60. The van der Waals surface area contributed by atoms with Gasteiger partial charge in [0.25, 0.3) is 0 Å². The molecule has 1 aromatic carbocycles. The minimum Gasteiger partial charge on any atom is -0.381 e. The molecule has 0 saturated heterocycles. The molecule has 0 amide bonds. The molecular weight excluding hydrogens is 414 g/mol. The molecular formula is C23H28F2N6O. The topological polar surface area (TPSA) is 76.9 Å². The highest BCUT2D eigenvalue weighted by Crippen LogP contribution is 2.36. The van der Waals surface area contributed by atoms with Gasteiger partial charge in [-0.25, -0.2) is 18.7 Å². The third-order valence-electron chi connectivity index (χ3n) is 6.66. The van der Waals surface area contributed by atoms with E-state index in [-0.39, 0.29) is 11.7 Å². The molecule has 5 rings (SSSR count). The van der Waals surface area contributed by atoms with Crippen LogP contribution in [0.4, 0.5) is 26.4 Å². The summed E-state index contributed by atoms with van der Waals surface area (Å²) >= 11 is 0. The number of hydrogen-bond acceptors (Lipinski definition) is 6. The van der Waals surface area contributed by atoms with Crippen molar-refractivity contribution in [3.63, 3.8) is 0 Å². The van der Waals surface area contributed by atoms with Gasteiger partial charge in [0.1, 0.15) is 5.52 Å². The highest BCUT2D eigenvalue weighted by atomic mass is 19.2. The molecule has 0 radical (unpaired) electrons. The van der Waals surface area contributed by atoms with E-state index in [4.69, 9.17) is 9.72 Å². The highest BCUT2D eigenvalue weighted by Gasteiger charge is 2.26. The van der Waals surface area contributed by atoms with Crippen LogP contribution in [0.2, 0.25) is 0 Å². The highest BCUT2D eigenvalue weighted by molar-refractivity contribution is 5.76. The van der Waals surface area contributed by atoms with E-state index >= 15 is 0 Å². The van der Waals surface area contributed by atoms with E-state index < -0.39 is 11.6 Å². The minimum absolute atomic E-state index is 0.0563. The fourth-order valence-electron chi connectivity index (χ4n) is 4.90.